The summed E-state index contributed by atoms with van der Waals surface area (Å²) < 4.78 is 0. The number of nitrogens with one attached hydrogen (secondary N) is 2. The molecule has 0 aliphatic heterocycles. The van der Waals surface area contributed by atoms with E-state index in [0.717, 1.165) is 49.9 Å². The van der Waals surface area contributed by atoms with Crippen LogP contribution in [0.25, 0.3) is 0 Å². The standard InChI is InChI=1S/C15H29N5/c1-6-8-16-13-11-14(17-9-7-10-20(4)5)19-15(18-13)12(2)3/h11-12H,6-10H2,1-5H3,(H2,16,17,18,19). The third kappa shape index (κ3) is 6.19. The van der Waals surface area contributed by atoms with Gasteiger partial charge in [0.15, 0.2) is 0 Å². The lowest BCUT2D eigenvalue weighted by atomic mass is 10.2. The first-order chi connectivity index (χ1) is 9.52. The van der Waals surface area contributed by atoms with E-state index >= 15 is 0 Å². The average Bonchev–Trinajstić information content (AvgIpc) is 2.41. The molecule has 0 saturated heterocycles. The molecule has 0 spiro atoms. The predicted octanol–water partition coefficient (Wildman–Crippen LogP) is 2.79. The van der Waals surface area contributed by atoms with Gasteiger partial charge in [0, 0.05) is 25.1 Å². The molecular weight excluding hydrogens is 250 g/mol. The van der Waals surface area contributed by atoms with Crippen molar-refractivity contribution in [1.29, 1.82) is 0 Å². The van der Waals surface area contributed by atoms with Crippen molar-refractivity contribution in [3.8, 4) is 0 Å². The first-order valence-electron chi connectivity index (χ1n) is 7.54. The Morgan fingerprint density at radius 1 is 1.10 bits per heavy atom. The highest BCUT2D eigenvalue weighted by Gasteiger charge is 2.07. The maximum absolute atomic E-state index is 4.58. The van der Waals surface area contributed by atoms with Crippen LogP contribution < -0.4 is 10.6 Å². The van der Waals surface area contributed by atoms with Crippen LogP contribution >= 0.6 is 0 Å². The van der Waals surface area contributed by atoms with E-state index in [1.807, 2.05) is 6.07 Å². The fourth-order valence-corrected chi connectivity index (χ4v) is 1.77. The number of rotatable bonds is 9. The second-order valence-corrected chi connectivity index (χ2v) is 5.66. The van der Waals surface area contributed by atoms with E-state index in [1.165, 1.54) is 0 Å². The SMILES string of the molecule is CCCNc1cc(NCCCN(C)C)nc(C(C)C)n1. The summed E-state index contributed by atoms with van der Waals surface area (Å²) in [5.74, 6) is 3.06. The molecule has 20 heavy (non-hydrogen) atoms. The molecule has 0 unspecified atom stereocenters. The monoisotopic (exact) mass is 279 g/mol. The van der Waals surface area contributed by atoms with Gasteiger partial charge in [-0.25, -0.2) is 9.97 Å². The quantitative estimate of drug-likeness (QED) is 0.681. The first-order valence-corrected chi connectivity index (χ1v) is 7.54. The minimum atomic E-state index is 0.334. The normalized spacial score (nSPS) is 11.2. The van der Waals surface area contributed by atoms with Crippen molar-refractivity contribution in [2.75, 3.05) is 44.4 Å². The molecule has 0 aliphatic carbocycles. The largest absolute Gasteiger partial charge is 0.370 e. The zero-order valence-electron chi connectivity index (χ0n) is 13.5. The van der Waals surface area contributed by atoms with E-state index < -0.39 is 0 Å². The Morgan fingerprint density at radius 3 is 2.20 bits per heavy atom. The van der Waals surface area contributed by atoms with E-state index in [1.54, 1.807) is 0 Å². The van der Waals surface area contributed by atoms with Gasteiger partial charge in [0.1, 0.15) is 17.5 Å². The Labute approximate surface area is 123 Å². The van der Waals surface area contributed by atoms with Gasteiger partial charge in [-0.05, 0) is 33.5 Å². The summed E-state index contributed by atoms with van der Waals surface area (Å²) in [6.45, 7) is 9.34. The number of anilines is 2. The van der Waals surface area contributed by atoms with Crippen molar-refractivity contribution in [3.63, 3.8) is 0 Å². The lowest BCUT2D eigenvalue weighted by molar-refractivity contribution is 0.405. The van der Waals surface area contributed by atoms with E-state index in [0.29, 0.717) is 5.92 Å². The Kier molecular flexibility index (Phi) is 7.30. The number of nitrogens with zero attached hydrogens (tertiary/aromatic N) is 3. The Morgan fingerprint density at radius 2 is 1.70 bits per heavy atom. The molecule has 0 radical (unpaired) electrons. The third-order valence-corrected chi connectivity index (χ3v) is 2.90. The molecular formula is C15H29N5. The van der Waals surface area contributed by atoms with Crippen molar-refractivity contribution in [2.45, 2.75) is 39.5 Å². The fourth-order valence-electron chi connectivity index (χ4n) is 1.77. The van der Waals surface area contributed by atoms with Gasteiger partial charge >= 0.3 is 0 Å². The van der Waals surface area contributed by atoms with Gasteiger partial charge < -0.3 is 15.5 Å². The maximum atomic E-state index is 4.58. The van der Waals surface area contributed by atoms with Gasteiger partial charge in [-0.2, -0.15) is 0 Å². The summed E-state index contributed by atoms with van der Waals surface area (Å²) >= 11 is 0. The van der Waals surface area contributed by atoms with Crippen molar-refractivity contribution in [3.05, 3.63) is 11.9 Å². The Balaban J connectivity index is 2.65. The molecule has 0 aliphatic rings. The molecule has 5 heteroatoms. The maximum Gasteiger partial charge on any atom is 0.135 e. The highest BCUT2D eigenvalue weighted by Crippen LogP contribution is 2.17. The van der Waals surface area contributed by atoms with E-state index in [4.69, 9.17) is 0 Å². The van der Waals surface area contributed by atoms with E-state index in [9.17, 15) is 0 Å². The minimum Gasteiger partial charge on any atom is -0.370 e. The van der Waals surface area contributed by atoms with Crippen LogP contribution in [0.3, 0.4) is 0 Å². The molecule has 1 aromatic heterocycles. The zero-order chi connectivity index (χ0) is 15.0. The van der Waals surface area contributed by atoms with Crippen LogP contribution in [-0.2, 0) is 0 Å². The summed E-state index contributed by atoms with van der Waals surface area (Å²) in [6.07, 6.45) is 2.19. The molecule has 1 aromatic rings. The predicted molar refractivity (Wildman–Crippen MR) is 86.6 cm³/mol. The molecule has 0 fully saturated rings. The van der Waals surface area contributed by atoms with Crippen molar-refractivity contribution >= 4 is 11.6 Å². The number of aromatic nitrogens is 2. The van der Waals surface area contributed by atoms with Crippen LogP contribution in [0, 0.1) is 0 Å². The van der Waals surface area contributed by atoms with E-state index in [-0.39, 0.29) is 0 Å². The van der Waals surface area contributed by atoms with Crippen LogP contribution in [0.4, 0.5) is 11.6 Å². The summed E-state index contributed by atoms with van der Waals surface area (Å²) in [5.41, 5.74) is 0. The summed E-state index contributed by atoms with van der Waals surface area (Å²) in [4.78, 5) is 11.3. The molecule has 1 rings (SSSR count). The topological polar surface area (TPSA) is 53.1 Å². The first kappa shape index (κ1) is 16.7. The van der Waals surface area contributed by atoms with Gasteiger partial charge in [0.2, 0.25) is 0 Å². The molecule has 2 N–H and O–H groups in total. The lowest BCUT2D eigenvalue weighted by Crippen LogP contribution is -2.17. The molecule has 0 saturated carbocycles. The summed E-state index contributed by atoms with van der Waals surface area (Å²) in [7, 11) is 4.18. The van der Waals surface area contributed by atoms with Crippen LogP contribution in [0.2, 0.25) is 0 Å². The molecule has 5 nitrogen and oxygen atoms in total. The third-order valence-electron chi connectivity index (χ3n) is 2.90. The fraction of sp³-hybridized carbons (Fsp3) is 0.733. The highest BCUT2D eigenvalue weighted by atomic mass is 15.1. The Hall–Kier alpha value is -1.36. The van der Waals surface area contributed by atoms with Crippen LogP contribution in [0.15, 0.2) is 6.07 Å². The molecule has 0 amide bonds. The highest BCUT2D eigenvalue weighted by molar-refractivity contribution is 5.47. The second-order valence-electron chi connectivity index (χ2n) is 5.66. The summed E-state index contributed by atoms with van der Waals surface area (Å²) in [6, 6.07) is 2.00. The zero-order valence-corrected chi connectivity index (χ0v) is 13.5. The number of hydrogen-bond acceptors (Lipinski definition) is 5. The smallest absolute Gasteiger partial charge is 0.135 e. The van der Waals surface area contributed by atoms with Gasteiger partial charge in [-0.15, -0.1) is 0 Å². The number of hydrogen-bond donors (Lipinski definition) is 2. The van der Waals surface area contributed by atoms with Crippen molar-refractivity contribution < 1.29 is 0 Å². The Bertz CT molecular complexity index is 390. The molecule has 1 heterocycles. The van der Waals surface area contributed by atoms with Gasteiger partial charge in [0.25, 0.3) is 0 Å². The average molecular weight is 279 g/mol. The lowest BCUT2D eigenvalue weighted by Gasteiger charge is -2.13. The molecule has 0 atom stereocenters. The molecule has 0 aromatic carbocycles. The van der Waals surface area contributed by atoms with Gasteiger partial charge in [0.05, 0.1) is 0 Å². The van der Waals surface area contributed by atoms with Crippen LogP contribution in [0.5, 0.6) is 0 Å². The van der Waals surface area contributed by atoms with Crippen LogP contribution in [-0.4, -0.2) is 48.6 Å². The van der Waals surface area contributed by atoms with Crippen LogP contribution in [0.1, 0.15) is 45.4 Å². The minimum absolute atomic E-state index is 0.334. The van der Waals surface area contributed by atoms with Gasteiger partial charge in [-0.3, -0.25) is 0 Å². The van der Waals surface area contributed by atoms with E-state index in [2.05, 4.69) is 60.4 Å². The molecule has 0 bridgehead atoms. The van der Waals surface area contributed by atoms with Gasteiger partial charge in [-0.1, -0.05) is 20.8 Å². The second kappa shape index (κ2) is 8.74. The molecule has 114 valence electrons. The van der Waals surface area contributed by atoms with Crippen molar-refractivity contribution in [2.24, 2.45) is 0 Å². The summed E-state index contributed by atoms with van der Waals surface area (Å²) in [5, 5.41) is 6.73. The van der Waals surface area contributed by atoms with Crippen molar-refractivity contribution in [1.82, 2.24) is 14.9 Å².